The molecule has 0 spiro atoms. The van der Waals surface area contributed by atoms with Gasteiger partial charge in [-0.15, -0.1) is 0 Å². The Morgan fingerprint density at radius 3 is 2.17 bits per heavy atom. The zero-order chi connectivity index (χ0) is 12.2. The first-order valence-electron chi connectivity index (χ1n) is 6.21. The largest absolute Gasteiger partial charge is 0.358 e. The van der Waals surface area contributed by atoms with Crippen LogP contribution in [0.15, 0.2) is 78.5 Å². The van der Waals surface area contributed by atoms with Gasteiger partial charge in [-0.3, -0.25) is 0 Å². The minimum atomic E-state index is 0.971. The summed E-state index contributed by atoms with van der Waals surface area (Å²) in [5.41, 5.74) is 4.97. The molecule has 0 fully saturated rings. The smallest absolute Gasteiger partial charge is 0.0382 e. The first-order chi connectivity index (χ1) is 8.93. The van der Waals surface area contributed by atoms with Gasteiger partial charge >= 0.3 is 0 Å². The van der Waals surface area contributed by atoms with Gasteiger partial charge in [0.1, 0.15) is 0 Å². The quantitative estimate of drug-likeness (QED) is 0.824. The molecular weight excluding hydrogens is 218 g/mol. The van der Waals surface area contributed by atoms with E-state index >= 15 is 0 Å². The molecule has 0 heterocycles. The third-order valence-corrected chi connectivity index (χ3v) is 3.09. The SMILES string of the molecule is C1=CC(c2ccccc2)=C(Nc2ccccc2)C1. The van der Waals surface area contributed by atoms with E-state index in [9.17, 15) is 0 Å². The van der Waals surface area contributed by atoms with Gasteiger partial charge in [0.15, 0.2) is 0 Å². The van der Waals surface area contributed by atoms with E-state index < -0.39 is 0 Å². The van der Waals surface area contributed by atoms with Crippen LogP contribution < -0.4 is 5.32 Å². The number of nitrogens with one attached hydrogen (secondary N) is 1. The van der Waals surface area contributed by atoms with Gasteiger partial charge in [-0.25, -0.2) is 0 Å². The highest BCUT2D eigenvalue weighted by Crippen LogP contribution is 2.28. The lowest BCUT2D eigenvalue weighted by molar-refractivity contribution is 1.25. The molecular formula is C17H15N. The first-order valence-corrected chi connectivity index (χ1v) is 6.21. The van der Waals surface area contributed by atoms with E-state index in [0.29, 0.717) is 0 Å². The number of benzene rings is 2. The molecule has 1 N–H and O–H groups in total. The molecule has 2 aromatic rings. The van der Waals surface area contributed by atoms with Crippen LogP contribution in [0.2, 0.25) is 0 Å². The summed E-state index contributed by atoms with van der Waals surface area (Å²) in [5.74, 6) is 0. The summed E-state index contributed by atoms with van der Waals surface area (Å²) in [4.78, 5) is 0. The van der Waals surface area contributed by atoms with Gasteiger partial charge in [0.2, 0.25) is 0 Å². The van der Waals surface area contributed by atoms with Crippen LogP contribution in [-0.4, -0.2) is 0 Å². The molecule has 2 aromatic carbocycles. The molecule has 1 heteroatoms. The van der Waals surface area contributed by atoms with Crippen molar-refractivity contribution in [2.75, 3.05) is 5.32 Å². The van der Waals surface area contributed by atoms with Crippen LogP contribution >= 0.6 is 0 Å². The Hall–Kier alpha value is -2.28. The third kappa shape index (κ3) is 2.21. The molecule has 1 aliphatic rings. The fraction of sp³-hybridized carbons (Fsp3) is 0.0588. The van der Waals surface area contributed by atoms with Gasteiger partial charge in [0.25, 0.3) is 0 Å². The lowest BCUT2D eigenvalue weighted by Gasteiger charge is -2.10. The maximum atomic E-state index is 3.51. The van der Waals surface area contributed by atoms with Crippen LogP contribution in [-0.2, 0) is 0 Å². The molecule has 18 heavy (non-hydrogen) atoms. The molecule has 0 saturated carbocycles. The Morgan fingerprint density at radius 1 is 0.778 bits per heavy atom. The molecule has 0 atom stereocenters. The average Bonchev–Trinajstić information content (AvgIpc) is 2.89. The van der Waals surface area contributed by atoms with Crippen LogP contribution in [0.1, 0.15) is 12.0 Å². The summed E-state index contributed by atoms with van der Waals surface area (Å²) in [5, 5.41) is 3.51. The summed E-state index contributed by atoms with van der Waals surface area (Å²) < 4.78 is 0. The molecule has 0 aromatic heterocycles. The van der Waals surface area contributed by atoms with Crippen LogP contribution in [0, 0.1) is 0 Å². The second-order valence-electron chi connectivity index (χ2n) is 4.36. The van der Waals surface area contributed by atoms with Gasteiger partial charge < -0.3 is 5.32 Å². The van der Waals surface area contributed by atoms with E-state index in [1.165, 1.54) is 16.8 Å². The Bertz CT molecular complexity index is 580. The Kier molecular flexibility index (Phi) is 2.97. The van der Waals surface area contributed by atoms with Crippen molar-refractivity contribution in [3.63, 3.8) is 0 Å². The standard InChI is InChI=1S/C17H15N/c1-3-8-14(9-4-1)16-12-7-13-17(16)18-15-10-5-2-6-11-15/h1-12,18H,13H2. The van der Waals surface area contributed by atoms with Crippen molar-refractivity contribution >= 4 is 11.3 Å². The van der Waals surface area contributed by atoms with Gasteiger partial charge in [-0.2, -0.15) is 0 Å². The van der Waals surface area contributed by atoms with Crippen molar-refractivity contribution in [1.82, 2.24) is 0 Å². The number of hydrogen-bond donors (Lipinski definition) is 1. The lowest BCUT2D eigenvalue weighted by Crippen LogP contribution is -1.99. The Morgan fingerprint density at radius 2 is 1.44 bits per heavy atom. The predicted octanol–water partition coefficient (Wildman–Crippen LogP) is 4.47. The molecule has 0 radical (unpaired) electrons. The number of rotatable bonds is 3. The highest BCUT2D eigenvalue weighted by atomic mass is 14.9. The normalized spacial score (nSPS) is 14.0. The van der Waals surface area contributed by atoms with Crippen molar-refractivity contribution < 1.29 is 0 Å². The zero-order valence-corrected chi connectivity index (χ0v) is 10.1. The molecule has 1 nitrogen and oxygen atoms in total. The summed E-state index contributed by atoms with van der Waals surface area (Å²) >= 11 is 0. The summed E-state index contributed by atoms with van der Waals surface area (Å²) in [6, 6.07) is 20.8. The monoisotopic (exact) mass is 233 g/mol. The molecule has 1 aliphatic carbocycles. The second kappa shape index (κ2) is 4.92. The summed E-state index contributed by atoms with van der Waals surface area (Å²) in [6.07, 6.45) is 5.37. The molecule has 0 amide bonds. The second-order valence-corrected chi connectivity index (χ2v) is 4.36. The summed E-state index contributed by atoms with van der Waals surface area (Å²) in [7, 11) is 0. The van der Waals surface area contributed by atoms with Crippen LogP contribution in [0.4, 0.5) is 5.69 Å². The zero-order valence-electron chi connectivity index (χ0n) is 10.1. The average molecular weight is 233 g/mol. The van der Waals surface area contributed by atoms with Crippen molar-refractivity contribution in [3.05, 3.63) is 84.1 Å². The third-order valence-electron chi connectivity index (χ3n) is 3.09. The Balaban J connectivity index is 1.91. The van der Waals surface area contributed by atoms with E-state index in [0.717, 1.165) is 12.1 Å². The molecule has 0 unspecified atom stereocenters. The Labute approximate surface area is 107 Å². The van der Waals surface area contributed by atoms with Gasteiger partial charge in [-0.1, -0.05) is 60.7 Å². The van der Waals surface area contributed by atoms with E-state index in [4.69, 9.17) is 0 Å². The van der Waals surface area contributed by atoms with E-state index in [2.05, 4.69) is 53.9 Å². The number of allylic oxidation sites excluding steroid dienone is 3. The minimum Gasteiger partial charge on any atom is -0.358 e. The van der Waals surface area contributed by atoms with Crippen molar-refractivity contribution in [3.8, 4) is 0 Å². The van der Waals surface area contributed by atoms with Crippen molar-refractivity contribution in [2.24, 2.45) is 0 Å². The maximum absolute atomic E-state index is 3.51. The van der Waals surface area contributed by atoms with Gasteiger partial charge in [0.05, 0.1) is 0 Å². The highest BCUT2D eigenvalue weighted by Gasteiger charge is 2.10. The van der Waals surface area contributed by atoms with Crippen LogP contribution in [0.5, 0.6) is 0 Å². The fourth-order valence-electron chi connectivity index (χ4n) is 2.21. The molecule has 3 rings (SSSR count). The minimum absolute atomic E-state index is 0.971. The van der Waals surface area contributed by atoms with Gasteiger partial charge in [-0.05, 0) is 17.7 Å². The predicted molar refractivity (Wildman–Crippen MR) is 77.2 cm³/mol. The maximum Gasteiger partial charge on any atom is 0.0382 e. The fourth-order valence-corrected chi connectivity index (χ4v) is 2.21. The number of para-hydroxylation sites is 1. The topological polar surface area (TPSA) is 12.0 Å². The van der Waals surface area contributed by atoms with Crippen LogP contribution in [0.3, 0.4) is 0 Å². The van der Waals surface area contributed by atoms with E-state index in [1.54, 1.807) is 0 Å². The lowest BCUT2D eigenvalue weighted by atomic mass is 10.1. The van der Waals surface area contributed by atoms with Crippen molar-refractivity contribution in [2.45, 2.75) is 6.42 Å². The highest BCUT2D eigenvalue weighted by molar-refractivity contribution is 5.81. The van der Waals surface area contributed by atoms with E-state index in [1.807, 2.05) is 24.3 Å². The van der Waals surface area contributed by atoms with Crippen molar-refractivity contribution in [1.29, 1.82) is 0 Å². The van der Waals surface area contributed by atoms with Crippen LogP contribution in [0.25, 0.3) is 5.57 Å². The summed E-state index contributed by atoms with van der Waals surface area (Å²) in [6.45, 7) is 0. The molecule has 0 bridgehead atoms. The number of hydrogen-bond acceptors (Lipinski definition) is 1. The molecule has 0 aliphatic heterocycles. The van der Waals surface area contributed by atoms with E-state index in [-0.39, 0.29) is 0 Å². The number of anilines is 1. The first kappa shape index (κ1) is 10.8. The molecule has 0 saturated heterocycles. The van der Waals surface area contributed by atoms with Gasteiger partial charge in [0, 0.05) is 23.4 Å². The molecule has 88 valence electrons.